The summed E-state index contributed by atoms with van der Waals surface area (Å²) >= 11 is 0. The molecule has 1 aromatic heterocycles. The van der Waals surface area contributed by atoms with Crippen LogP contribution in [0.3, 0.4) is 0 Å². The highest BCUT2D eigenvalue weighted by atomic mass is 16.5. The normalized spacial score (nSPS) is 9.83. The Labute approximate surface area is 69.7 Å². The van der Waals surface area contributed by atoms with E-state index >= 15 is 0 Å². The van der Waals surface area contributed by atoms with Gasteiger partial charge in [-0.1, -0.05) is 0 Å². The Kier molecular flexibility index (Phi) is 2.82. The van der Waals surface area contributed by atoms with E-state index in [1.165, 1.54) is 13.3 Å². The van der Waals surface area contributed by atoms with Crippen molar-refractivity contribution >= 4 is 11.9 Å². The number of carbonyl (C=O) groups excluding carboxylic acids is 1. The Morgan fingerprint density at radius 1 is 1.83 bits per heavy atom. The number of oxazole rings is 1. The number of carbonyl (C=O) groups is 1. The molecule has 5 nitrogen and oxygen atoms in total. The van der Waals surface area contributed by atoms with E-state index in [0.717, 1.165) is 0 Å². The van der Waals surface area contributed by atoms with Crippen LogP contribution >= 0.6 is 0 Å². The highest BCUT2D eigenvalue weighted by Crippen LogP contribution is 2.06. The standard InChI is InChI=1S/C7H10N2O3/c1-5-3-8-7(12-5)9-6(10)4-11-2/h3H,4H2,1-2H3,(H,8,9,10). The molecule has 5 heteroatoms. The average molecular weight is 170 g/mol. The van der Waals surface area contributed by atoms with Crippen LogP contribution in [0.2, 0.25) is 0 Å². The SMILES string of the molecule is COCC(=O)Nc1ncc(C)o1. The molecule has 1 heterocycles. The Bertz CT molecular complexity index is 269. The number of hydrogen-bond acceptors (Lipinski definition) is 4. The third-order valence-electron chi connectivity index (χ3n) is 1.14. The number of methoxy groups -OCH3 is 1. The lowest BCUT2D eigenvalue weighted by Gasteiger charge is -1.97. The first-order valence-electron chi connectivity index (χ1n) is 3.43. The van der Waals surface area contributed by atoms with Crippen molar-refractivity contribution < 1.29 is 13.9 Å². The molecule has 0 aliphatic carbocycles. The third kappa shape index (κ3) is 2.35. The van der Waals surface area contributed by atoms with Gasteiger partial charge in [-0.3, -0.25) is 10.1 Å². The van der Waals surface area contributed by atoms with Gasteiger partial charge in [0.05, 0.1) is 6.20 Å². The third-order valence-corrected chi connectivity index (χ3v) is 1.14. The van der Waals surface area contributed by atoms with Crippen molar-refractivity contribution in [3.05, 3.63) is 12.0 Å². The topological polar surface area (TPSA) is 64.4 Å². The van der Waals surface area contributed by atoms with E-state index < -0.39 is 0 Å². The first-order valence-corrected chi connectivity index (χ1v) is 3.43. The Morgan fingerprint density at radius 3 is 3.08 bits per heavy atom. The molecule has 66 valence electrons. The molecule has 12 heavy (non-hydrogen) atoms. The van der Waals surface area contributed by atoms with Crippen molar-refractivity contribution in [1.82, 2.24) is 4.98 Å². The maximum atomic E-state index is 10.9. The molecule has 0 fully saturated rings. The van der Waals surface area contributed by atoms with Crippen LogP contribution in [0.15, 0.2) is 10.6 Å². The van der Waals surface area contributed by atoms with Gasteiger partial charge < -0.3 is 9.15 Å². The summed E-state index contributed by atoms with van der Waals surface area (Å²) in [4.78, 5) is 14.7. The minimum Gasteiger partial charge on any atom is -0.429 e. The first kappa shape index (κ1) is 8.73. The number of rotatable bonds is 3. The number of amides is 1. The van der Waals surface area contributed by atoms with Gasteiger partial charge in [0, 0.05) is 7.11 Å². The molecule has 0 atom stereocenters. The van der Waals surface area contributed by atoms with Crippen LogP contribution < -0.4 is 5.32 Å². The minimum atomic E-state index is -0.278. The van der Waals surface area contributed by atoms with Crippen molar-refractivity contribution in [3.8, 4) is 0 Å². The summed E-state index contributed by atoms with van der Waals surface area (Å²) in [6, 6.07) is 0.203. The molecule has 0 aliphatic rings. The van der Waals surface area contributed by atoms with Crippen LogP contribution in [0.1, 0.15) is 5.76 Å². The molecule has 0 radical (unpaired) electrons. The highest BCUT2D eigenvalue weighted by molar-refractivity contribution is 5.89. The zero-order valence-electron chi connectivity index (χ0n) is 6.96. The van der Waals surface area contributed by atoms with Gasteiger partial charge in [-0.15, -0.1) is 0 Å². The lowest BCUT2D eigenvalue weighted by Crippen LogP contribution is -2.17. The Balaban J connectivity index is 2.46. The molecule has 0 saturated carbocycles. The maximum Gasteiger partial charge on any atom is 0.301 e. The lowest BCUT2D eigenvalue weighted by atomic mass is 10.6. The van der Waals surface area contributed by atoms with Gasteiger partial charge in [-0.2, -0.15) is 0 Å². The van der Waals surface area contributed by atoms with E-state index in [-0.39, 0.29) is 18.5 Å². The van der Waals surface area contributed by atoms with E-state index in [1.807, 2.05) is 0 Å². The van der Waals surface area contributed by atoms with Gasteiger partial charge in [-0.25, -0.2) is 4.98 Å². The fraction of sp³-hybridized carbons (Fsp3) is 0.429. The monoisotopic (exact) mass is 170 g/mol. The summed E-state index contributed by atoms with van der Waals surface area (Å²) in [5.41, 5.74) is 0. The minimum absolute atomic E-state index is 0.00142. The number of anilines is 1. The fourth-order valence-corrected chi connectivity index (χ4v) is 0.699. The van der Waals surface area contributed by atoms with Crippen LogP contribution in [0, 0.1) is 6.92 Å². The smallest absolute Gasteiger partial charge is 0.301 e. The van der Waals surface area contributed by atoms with Crippen LogP contribution in [-0.2, 0) is 9.53 Å². The lowest BCUT2D eigenvalue weighted by molar-refractivity contribution is -0.119. The van der Waals surface area contributed by atoms with Gasteiger partial charge in [0.15, 0.2) is 0 Å². The average Bonchev–Trinajstić information content (AvgIpc) is 2.36. The van der Waals surface area contributed by atoms with E-state index in [2.05, 4.69) is 15.0 Å². The van der Waals surface area contributed by atoms with E-state index in [0.29, 0.717) is 5.76 Å². The summed E-state index contributed by atoms with van der Waals surface area (Å²) in [6.07, 6.45) is 1.53. The molecule has 1 N–H and O–H groups in total. The predicted octanol–water partition coefficient (Wildman–Crippen LogP) is 0.568. The summed E-state index contributed by atoms with van der Waals surface area (Å²) < 4.78 is 9.60. The predicted molar refractivity (Wildman–Crippen MR) is 41.7 cm³/mol. The number of aromatic nitrogens is 1. The quantitative estimate of drug-likeness (QED) is 0.720. The number of nitrogens with zero attached hydrogens (tertiary/aromatic N) is 1. The zero-order chi connectivity index (χ0) is 8.97. The van der Waals surface area contributed by atoms with Crippen molar-refractivity contribution in [3.63, 3.8) is 0 Å². The maximum absolute atomic E-state index is 10.9. The second kappa shape index (κ2) is 3.87. The number of nitrogens with one attached hydrogen (secondary N) is 1. The molecule has 1 amide bonds. The first-order chi connectivity index (χ1) is 5.72. The van der Waals surface area contributed by atoms with Crippen LogP contribution in [0.4, 0.5) is 6.01 Å². The number of ether oxygens (including phenoxy) is 1. The highest BCUT2D eigenvalue weighted by Gasteiger charge is 2.04. The zero-order valence-corrected chi connectivity index (χ0v) is 6.96. The molecule has 1 aromatic rings. The van der Waals surface area contributed by atoms with Crippen LogP contribution in [-0.4, -0.2) is 24.6 Å². The van der Waals surface area contributed by atoms with Gasteiger partial charge >= 0.3 is 6.01 Å². The van der Waals surface area contributed by atoms with E-state index in [4.69, 9.17) is 4.42 Å². The van der Waals surface area contributed by atoms with E-state index in [9.17, 15) is 4.79 Å². The second-order valence-electron chi connectivity index (χ2n) is 2.26. The summed E-state index contributed by atoms with van der Waals surface area (Å²) in [5, 5.41) is 2.42. The number of hydrogen-bond donors (Lipinski definition) is 1. The fourth-order valence-electron chi connectivity index (χ4n) is 0.699. The molecule has 0 aromatic carbocycles. The van der Waals surface area contributed by atoms with Crippen LogP contribution in [0.5, 0.6) is 0 Å². The van der Waals surface area contributed by atoms with Gasteiger partial charge in [0.1, 0.15) is 12.4 Å². The molecule has 0 aliphatic heterocycles. The van der Waals surface area contributed by atoms with Crippen molar-refractivity contribution in [1.29, 1.82) is 0 Å². The van der Waals surface area contributed by atoms with Gasteiger partial charge in [0.2, 0.25) is 0 Å². The molecular weight excluding hydrogens is 160 g/mol. The Hall–Kier alpha value is -1.36. The van der Waals surface area contributed by atoms with E-state index in [1.54, 1.807) is 6.92 Å². The Morgan fingerprint density at radius 2 is 2.58 bits per heavy atom. The molecule has 1 rings (SSSR count). The van der Waals surface area contributed by atoms with Crippen molar-refractivity contribution in [2.75, 3.05) is 19.0 Å². The molecule has 0 bridgehead atoms. The number of aryl methyl sites for hydroxylation is 1. The summed E-state index contributed by atoms with van der Waals surface area (Å²) in [5.74, 6) is 0.377. The summed E-state index contributed by atoms with van der Waals surface area (Å²) in [7, 11) is 1.44. The van der Waals surface area contributed by atoms with Crippen molar-refractivity contribution in [2.24, 2.45) is 0 Å². The van der Waals surface area contributed by atoms with Gasteiger partial charge in [0.25, 0.3) is 5.91 Å². The molecule has 0 unspecified atom stereocenters. The largest absolute Gasteiger partial charge is 0.429 e. The van der Waals surface area contributed by atoms with Crippen molar-refractivity contribution in [2.45, 2.75) is 6.92 Å². The molecule has 0 spiro atoms. The molecular formula is C7H10N2O3. The van der Waals surface area contributed by atoms with Gasteiger partial charge in [-0.05, 0) is 6.92 Å². The second-order valence-corrected chi connectivity index (χ2v) is 2.26. The molecule has 0 saturated heterocycles. The summed E-state index contributed by atoms with van der Waals surface area (Å²) in [6.45, 7) is 1.75. The van der Waals surface area contributed by atoms with Crippen LogP contribution in [0.25, 0.3) is 0 Å².